The third-order valence-electron chi connectivity index (χ3n) is 2.40. The Kier molecular flexibility index (Phi) is 2.51. The monoisotopic (exact) mass is 203 g/mol. The lowest BCUT2D eigenvalue weighted by Crippen LogP contribution is -2.07. The van der Waals surface area contributed by atoms with Gasteiger partial charge >= 0.3 is 0 Å². The smallest absolute Gasteiger partial charge is 0.162 e. The SMILES string of the molecule is Cc1nc(-c2ccoc2)nc(C)c1CN. The molecule has 0 saturated heterocycles. The minimum Gasteiger partial charge on any atom is -0.472 e. The van der Waals surface area contributed by atoms with Crippen molar-refractivity contribution in [2.24, 2.45) is 5.73 Å². The van der Waals surface area contributed by atoms with Gasteiger partial charge in [0.05, 0.1) is 11.8 Å². The van der Waals surface area contributed by atoms with E-state index in [1.165, 1.54) is 0 Å². The summed E-state index contributed by atoms with van der Waals surface area (Å²) in [5.74, 6) is 0.691. The number of hydrogen-bond donors (Lipinski definition) is 1. The summed E-state index contributed by atoms with van der Waals surface area (Å²) >= 11 is 0. The minimum atomic E-state index is 0.476. The lowest BCUT2D eigenvalue weighted by molar-refractivity contribution is 0.568. The van der Waals surface area contributed by atoms with Crippen LogP contribution in [0.15, 0.2) is 23.0 Å². The van der Waals surface area contributed by atoms with Crippen LogP contribution < -0.4 is 5.73 Å². The van der Waals surface area contributed by atoms with Crippen LogP contribution in [0, 0.1) is 13.8 Å². The molecule has 0 aliphatic carbocycles. The van der Waals surface area contributed by atoms with Crippen molar-refractivity contribution < 1.29 is 4.42 Å². The van der Waals surface area contributed by atoms with Gasteiger partial charge in [-0.2, -0.15) is 0 Å². The summed E-state index contributed by atoms with van der Waals surface area (Å²) in [5.41, 5.74) is 9.39. The second-order valence-corrected chi connectivity index (χ2v) is 3.41. The molecule has 0 unspecified atom stereocenters. The van der Waals surface area contributed by atoms with E-state index in [1.807, 2.05) is 19.9 Å². The quantitative estimate of drug-likeness (QED) is 0.808. The van der Waals surface area contributed by atoms with Crippen LogP contribution in [-0.4, -0.2) is 9.97 Å². The molecule has 2 aromatic heterocycles. The fourth-order valence-corrected chi connectivity index (χ4v) is 1.56. The Morgan fingerprint density at radius 1 is 1.27 bits per heavy atom. The van der Waals surface area contributed by atoms with Gasteiger partial charge in [0.15, 0.2) is 5.82 Å². The molecule has 2 aromatic rings. The first-order chi connectivity index (χ1) is 7.22. The van der Waals surface area contributed by atoms with E-state index < -0.39 is 0 Å². The zero-order valence-electron chi connectivity index (χ0n) is 8.82. The average Bonchev–Trinajstić information content (AvgIpc) is 2.69. The normalized spacial score (nSPS) is 10.6. The summed E-state index contributed by atoms with van der Waals surface area (Å²) < 4.78 is 5.00. The molecule has 0 aromatic carbocycles. The molecule has 0 spiro atoms. The Morgan fingerprint density at radius 3 is 2.40 bits per heavy atom. The Labute approximate surface area is 88.2 Å². The van der Waals surface area contributed by atoms with E-state index in [0.29, 0.717) is 12.4 Å². The van der Waals surface area contributed by atoms with E-state index in [9.17, 15) is 0 Å². The van der Waals surface area contributed by atoms with Crippen molar-refractivity contribution in [3.63, 3.8) is 0 Å². The van der Waals surface area contributed by atoms with Gasteiger partial charge in [0.25, 0.3) is 0 Å². The van der Waals surface area contributed by atoms with Crippen molar-refractivity contribution in [2.75, 3.05) is 0 Å². The van der Waals surface area contributed by atoms with Crippen LogP contribution >= 0.6 is 0 Å². The number of aromatic nitrogens is 2. The van der Waals surface area contributed by atoms with Gasteiger partial charge in [-0.15, -0.1) is 0 Å². The van der Waals surface area contributed by atoms with Crippen LogP contribution in [0.3, 0.4) is 0 Å². The van der Waals surface area contributed by atoms with Gasteiger partial charge < -0.3 is 10.2 Å². The highest BCUT2D eigenvalue weighted by molar-refractivity contribution is 5.53. The summed E-state index contributed by atoms with van der Waals surface area (Å²) in [6.45, 7) is 4.37. The second kappa shape index (κ2) is 3.82. The van der Waals surface area contributed by atoms with Crippen molar-refractivity contribution in [2.45, 2.75) is 20.4 Å². The van der Waals surface area contributed by atoms with E-state index in [-0.39, 0.29) is 0 Å². The molecule has 0 atom stereocenters. The van der Waals surface area contributed by atoms with E-state index in [1.54, 1.807) is 12.5 Å². The van der Waals surface area contributed by atoms with Crippen molar-refractivity contribution in [3.05, 3.63) is 35.5 Å². The van der Waals surface area contributed by atoms with E-state index in [0.717, 1.165) is 22.5 Å². The topological polar surface area (TPSA) is 64.9 Å². The molecule has 2 N–H and O–H groups in total. The molecule has 0 aliphatic heterocycles. The van der Waals surface area contributed by atoms with Gasteiger partial charge in [0, 0.05) is 23.5 Å². The maximum Gasteiger partial charge on any atom is 0.162 e. The maximum atomic E-state index is 5.62. The molecule has 2 rings (SSSR count). The van der Waals surface area contributed by atoms with Crippen molar-refractivity contribution in [1.29, 1.82) is 0 Å². The molecule has 0 amide bonds. The molecule has 15 heavy (non-hydrogen) atoms. The standard InChI is InChI=1S/C11H13N3O/c1-7-10(5-12)8(2)14-11(13-7)9-3-4-15-6-9/h3-4,6H,5,12H2,1-2H3. The molecule has 4 nitrogen and oxygen atoms in total. The van der Waals surface area contributed by atoms with Crippen molar-refractivity contribution in [1.82, 2.24) is 9.97 Å². The van der Waals surface area contributed by atoms with Crippen LogP contribution in [0.4, 0.5) is 0 Å². The van der Waals surface area contributed by atoms with E-state index >= 15 is 0 Å². The third kappa shape index (κ3) is 1.76. The summed E-state index contributed by atoms with van der Waals surface area (Å²) in [6.07, 6.45) is 3.25. The van der Waals surface area contributed by atoms with Crippen LogP contribution in [0.5, 0.6) is 0 Å². The van der Waals surface area contributed by atoms with Crippen LogP contribution in [0.25, 0.3) is 11.4 Å². The fourth-order valence-electron chi connectivity index (χ4n) is 1.56. The highest BCUT2D eigenvalue weighted by atomic mass is 16.3. The lowest BCUT2D eigenvalue weighted by atomic mass is 10.1. The predicted octanol–water partition coefficient (Wildman–Crippen LogP) is 1.81. The Balaban J connectivity index is 2.53. The van der Waals surface area contributed by atoms with Crippen molar-refractivity contribution in [3.8, 4) is 11.4 Å². The Hall–Kier alpha value is -1.68. The third-order valence-corrected chi connectivity index (χ3v) is 2.40. The summed E-state index contributed by atoms with van der Waals surface area (Å²) in [4.78, 5) is 8.79. The largest absolute Gasteiger partial charge is 0.472 e. The second-order valence-electron chi connectivity index (χ2n) is 3.41. The summed E-state index contributed by atoms with van der Waals surface area (Å²) in [5, 5.41) is 0. The number of rotatable bonds is 2. The van der Waals surface area contributed by atoms with E-state index in [2.05, 4.69) is 9.97 Å². The summed E-state index contributed by atoms with van der Waals surface area (Å²) in [7, 11) is 0. The van der Waals surface area contributed by atoms with Crippen molar-refractivity contribution >= 4 is 0 Å². The molecule has 78 valence electrons. The maximum absolute atomic E-state index is 5.62. The predicted molar refractivity (Wildman–Crippen MR) is 57.1 cm³/mol. The first-order valence-electron chi connectivity index (χ1n) is 4.79. The van der Waals surface area contributed by atoms with Gasteiger partial charge in [-0.1, -0.05) is 0 Å². The molecule has 0 bridgehead atoms. The average molecular weight is 203 g/mol. The number of nitrogens with zero attached hydrogens (tertiary/aromatic N) is 2. The number of furan rings is 1. The Morgan fingerprint density at radius 2 is 1.93 bits per heavy atom. The highest BCUT2D eigenvalue weighted by Crippen LogP contribution is 2.18. The van der Waals surface area contributed by atoms with E-state index in [4.69, 9.17) is 10.2 Å². The Bertz CT molecular complexity index is 440. The molecule has 2 heterocycles. The molecular formula is C11H13N3O. The molecule has 0 saturated carbocycles. The molecular weight excluding hydrogens is 190 g/mol. The molecule has 0 fully saturated rings. The first-order valence-corrected chi connectivity index (χ1v) is 4.79. The zero-order chi connectivity index (χ0) is 10.8. The number of hydrogen-bond acceptors (Lipinski definition) is 4. The highest BCUT2D eigenvalue weighted by Gasteiger charge is 2.09. The van der Waals surface area contributed by atoms with Crippen LogP contribution in [-0.2, 0) is 6.54 Å². The molecule has 4 heteroatoms. The van der Waals surface area contributed by atoms with Gasteiger partial charge in [-0.3, -0.25) is 0 Å². The van der Waals surface area contributed by atoms with Crippen LogP contribution in [0.1, 0.15) is 17.0 Å². The van der Waals surface area contributed by atoms with Gasteiger partial charge in [-0.05, 0) is 19.9 Å². The zero-order valence-corrected chi connectivity index (χ0v) is 8.82. The first kappa shape index (κ1) is 9.86. The fraction of sp³-hybridized carbons (Fsp3) is 0.273. The minimum absolute atomic E-state index is 0.476. The number of aryl methyl sites for hydroxylation is 2. The summed E-state index contributed by atoms with van der Waals surface area (Å²) in [6, 6.07) is 1.84. The van der Waals surface area contributed by atoms with Gasteiger partial charge in [0.1, 0.15) is 6.26 Å². The number of nitrogens with two attached hydrogens (primary N) is 1. The lowest BCUT2D eigenvalue weighted by Gasteiger charge is -2.07. The van der Waals surface area contributed by atoms with Gasteiger partial charge in [0.2, 0.25) is 0 Å². The molecule has 0 aliphatic rings. The van der Waals surface area contributed by atoms with Crippen LogP contribution in [0.2, 0.25) is 0 Å². The van der Waals surface area contributed by atoms with Gasteiger partial charge in [-0.25, -0.2) is 9.97 Å². The molecule has 0 radical (unpaired) electrons.